The first-order valence-corrected chi connectivity index (χ1v) is 10.0. The summed E-state index contributed by atoms with van der Waals surface area (Å²) in [6.07, 6.45) is 1.52. The summed E-state index contributed by atoms with van der Waals surface area (Å²) in [5.41, 5.74) is 7.02. The van der Waals surface area contributed by atoms with Gasteiger partial charge < -0.3 is 9.90 Å². The monoisotopic (exact) mass is 396 g/mol. The summed E-state index contributed by atoms with van der Waals surface area (Å²) in [5, 5.41) is 14.5. The molecule has 4 rings (SSSR count). The van der Waals surface area contributed by atoms with E-state index in [4.69, 9.17) is 5.10 Å². The lowest BCUT2D eigenvalue weighted by atomic mass is 9.94. The van der Waals surface area contributed by atoms with Crippen LogP contribution >= 0.6 is 0 Å². The van der Waals surface area contributed by atoms with Crippen LogP contribution in [-0.4, -0.2) is 21.2 Å². The first kappa shape index (κ1) is 19.6. The van der Waals surface area contributed by atoms with E-state index in [0.29, 0.717) is 6.42 Å². The van der Waals surface area contributed by atoms with Gasteiger partial charge in [-0.15, -0.1) is 0 Å². The summed E-state index contributed by atoms with van der Waals surface area (Å²) in [4.78, 5) is 11.9. The number of carbonyl (C=O) groups is 1. The lowest BCUT2D eigenvalue weighted by Crippen LogP contribution is -2.06. The van der Waals surface area contributed by atoms with Gasteiger partial charge in [-0.25, -0.2) is 4.68 Å². The van der Waals surface area contributed by atoms with E-state index in [1.54, 1.807) is 12.1 Å². The lowest BCUT2D eigenvalue weighted by Gasteiger charge is -2.10. The molecule has 4 aromatic rings. The SMILES string of the molecule is Cc1ccc(-c2cc(CC(C=O)c3cccc(C)c3)nn2-c2ccc(O)cc2)cc1. The van der Waals surface area contributed by atoms with Gasteiger partial charge in [-0.2, -0.15) is 5.10 Å². The van der Waals surface area contributed by atoms with Crippen molar-refractivity contribution in [2.75, 3.05) is 0 Å². The minimum absolute atomic E-state index is 0.212. The molecule has 4 nitrogen and oxygen atoms in total. The van der Waals surface area contributed by atoms with Crippen molar-refractivity contribution in [2.45, 2.75) is 26.2 Å². The highest BCUT2D eigenvalue weighted by Gasteiger charge is 2.17. The number of aromatic nitrogens is 2. The lowest BCUT2D eigenvalue weighted by molar-refractivity contribution is -0.109. The van der Waals surface area contributed by atoms with Crippen molar-refractivity contribution in [1.82, 2.24) is 9.78 Å². The highest BCUT2D eigenvalue weighted by atomic mass is 16.3. The molecule has 0 bridgehead atoms. The van der Waals surface area contributed by atoms with Crippen molar-refractivity contribution in [3.8, 4) is 22.7 Å². The Hall–Kier alpha value is -3.66. The third-order valence-corrected chi connectivity index (χ3v) is 5.27. The van der Waals surface area contributed by atoms with Gasteiger partial charge in [0.1, 0.15) is 12.0 Å². The molecule has 3 aromatic carbocycles. The van der Waals surface area contributed by atoms with Gasteiger partial charge in [-0.05, 0) is 49.7 Å². The van der Waals surface area contributed by atoms with Gasteiger partial charge >= 0.3 is 0 Å². The van der Waals surface area contributed by atoms with Crippen LogP contribution in [0, 0.1) is 13.8 Å². The van der Waals surface area contributed by atoms with Gasteiger partial charge in [0.2, 0.25) is 0 Å². The van der Waals surface area contributed by atoms with Crippen molar-refractivity contribution in [2.24, 2.45) is 0 Å². The van der Waals surface area contributed by atoms with E-state index in [1.807, 2.05) is 48.0 Å². The van der Waals surface area contributed by atoms with E-state index in [1.165, 1.54) is 5.56 Å². The minimum atomic E-state index is -0.251. The summed E-state index contributed by atoms with van der Waals surface area (Å²) < 4.78 is 1.87. The summed E-state index contributed by atoms with van der Waals surface area (Å²) in [6, 6.07) is 25.4. The maximum Gasteiger partial charge on any atom is 0.127 e. The van der Waals surface area contributed by atoms with E-state index >= 15 is 0 Å². The average Bonchev–Trinajstić information content (AvgIpc) is 3.17. The maximum atomic E-state index is 11.9. The molecule has 0 aliphatic heterocycles. The number of nitrogens with zero attached hydrogens (tertiary/aromatic N) is 2. The van der Waals surface area contributed by atoms with Crippen LogP contribution in [-0.2, 0) is 11.2 Å². The molecule has 0 saturated heterocycles. The van der Waals surface area contributed by atoms with Gasteiger partial charge in [0.25, 0.3) is 0 Å². The highest BCUT2D eigenvalue weighted by Crippen LogP contribution is 2.28. The van der Waals surface area contributed by atoms with E-state index in [-0.39, 0.29) is 11.7 Å². The molecular weight excluding hydrogens is 372 g/mol. The summed E-state index contributed by atoms with van der Waals surface area (Å²) >= 11 is 0. The molecule has 4 heteroatoms. The molecule has 0 aliphatic rings. The molecule has 150 valence electrons. The van der Waals surface area contributed by atoms with Crippen molar-refractivity contribution >= 4 is 6.29 Å². The van der Waals surface area contributed by atoms with Crippen molar-refractivity contribution in [3.05, 3.63) is 101 Å². The second-order valence-electron chi connectivity index (χ2n) is 7.68. The van der Waals surface area contributed by atoms with Crippen molar-refractivity contribution in [3.63, 3.8) is 0 Å². The number of benzene rings is 3. The number of carbonyl (C=O) groups excluding carboxylic acids is 1. The Balaban J connectivity index is 1.75. The van der Waals surface area contributed by atoms with E-state index < -0.39 is 0 Å². The molecule has 0 fully saturated rings. The first-order chi connectivity index (χ1) is 14.5. The molecule has 1 N–H and O–H groups in total. The summed E-state index contributed by atoms with van der Waals surface area (Å²) in [6.45, 7) is 4.09. The molecule has 1 heterocycles. The molecular formula is C26H24N2O2. The number of hydrogen-bond acceptors (Lipinski definition) is 3. The van der Waals surface area contributed by atoms with Crippen LogP contribution < -0.4 is 0 Å². The molecule has 1 unspecified atom stereocenters. The second kappa shape index (κ2) is 8.37. The third kappa shape index (κ3) is 4.18. The predicted molar refractivity (Wildman–Crippen MR) is 119 cm³/mol. The van der Waals surface area contributed by atoms with E-state index in [0.717, 1.165) is 40.1 Å². The molecule has 0 radical (unpaired) electrons. The zero-order chi connectivity index (χ0) is 21.1. The number of rotatable bonds is 6. The highest BCUT2D eigenvalue weighted by molar-refractivity contribution is 5.65. The Morgan fingerprint density at radius 3 is 2.33 bits per heavy atom. The topological polar surface area (TPSA) is 55.1 Å². The van der Waals surface area contributed by atoms with E-state index in [9.17, 15) is 9.90 Å². The van der Waals surface area contributed by atoms with Crippen LogP contribution in [0.3, 0.4) is 0 Å². The standard InChI is InChI=1S/C26H24N2O2/c1-18-6-8-20(9-7-18)26-16-23(27-28(26)24-10-12-25(30)13-11-24)15-22(17-29)21-5-3-4-19(2)14-21/h3-14,16-17,22,30H,15H2,1-2H3. The third-order valence-electron chi connectivity index (χ3n) is 5.27. The molecule has 0 saturated carbocycles. The Morgan fingerprint density at radius 2 is 1.67 bits per heavy atom. The molecule has 30 heavy (non-hydrogen) atoms. The Morgan fingerprint density at radius 1 is 0.933 bits per heavy atom. The molecule has 1 atom stereocenters. The smallest absolute Gasteiger partial charge is 0.127 e. The van der Waals surface area contributed by atoms with Crippen LogP contribution in [0.1, 0.15) is 28.3 Å². The quantitative estimate of drug-likeness (QED) is 0.445. The Labute approximate surface area is 176 Å². The minimum Gasteiger partial charge on any atom is -0.508 e. The van der Waals surface area contributed by atoms with Gasteiger partial charge in [-0.1, -0.05) is 59.7 Å². The van der Waals surface area contributed by atoms with Gasteiger partial charge in [0.15, 0.2) is 0 Å². The Bertz CT molecular complexity index is 1100. The average molecular weight is 396 g/mol. The molecule has 1 aromatic heterocycles. The summed E-state index contributed by atoms with van der Waals surface area (Å²) in [5.74, 6) is -0.0394. The molecule has 0 aliphatic carbocycles. The zero-order valence-electron chi connectivity index (χ0n) is 17.1. The number of aldehydes is 1. The zero-order valence-corrected chi connectivity index (χ0v) is 17.1. The number of aromatic hydroxyl groups is 1. The van der Waals surface area contributed by atoms with Crippen LogP contribution in [0.25, 0.3) is 16.9 Å². The second-order valence-corrected chi connectivity index (χ2v) is 7.68. The number of phenolic OH excluding ortho intramolecular Hbond substituents is 1. The van der Waals surface area contributed by atoms with Crippen molar-refractivity contribution < 1.29 is 9.90 Å². The number of hydrogen-bond donors (Lipinski definition) is 1. The number of phenols is 1. The van der Waals surface area contributed by atoms with Crippen LogP contribution in [0.2, 0.25) is 0 Å². The Kier molecular flexibility index (Phi) is 5.48. The fourth-order valence-electron chi connectivity index (χ4n) is 3.62. The summed E-state index contributed by atoms with van der Waals surface area (Å²) in [7, 11) is 0. The first-order valence-electron chi connectivity index (χ1n) is 10.0. The predicted octanol–water partition coefficient (Wildman–Crippen LogP) is 5.39. The van der Waals surface area contributed by atoms with Crippen LogP contribution in [0.5, 0.6) is 5.75 Å². The van der Waals surface area contributed by atoms with E-state index in [2.05, 4.69) is 37.3 Å². The largest absolute Gasteiger partial charge is 0.508 e. The fourth-order valence-corrected chi connectivity index (χ4v) is 3.62. The normalized spacial score (nSPS) is 11.9. The number of aryl methyl sites for hydroxylation is 2. The van der Waals surface area contributed by atoms with Crippen LogP contribution in [0.15, 0.2) is 78.9 Å². The van der Waals surface area contributed by atoms with Gasteiger partial charge in [0, 0.05) is 17.9 Å². The van der Waals surface area contributed by atoms with Gasteiger partial charge in [0.05, 0.1) is 17.1 Å². The van der Waals surface area contributed by atoms with Crippen LogP contribution in [0.4, 0.5) is 0 Å². The maximum absolute atomic E-state index is 11.9. The van der Waals surface area contributed by atoms with Crippen molar-refractivity contribution in [1.29, 1.82) is 0 Å². The molecule has 0 spiro atoms. The van der Waals surface area contributed by atoms with Gasteiger partial charge in [-0.3, -0.25) is 0 Å². The fraction of sp³-hybridized carbons (Fsp3) is 0.154. The molecule has 0 amide bonds.